The molecule has 2 N–H and O–H groups in total. The van der Waals surface area contributed by atoms with E-state index in [4.69, 9.17) is 14.2 Å². The van der Waals surface area contributed by atoms with Gasteiger partial charge in [-0.2, -0.15) is 0 Å². The summed E-state index contributed by atoms with van der Waals surface area (Å²) in [6, 6.07) is 4.52. The number of rotatable bonds is 2. The lowest BCUT2D eigenvalue weighted by Gasteiger charge is -2.16. The predicted molar refractivity (Wildman–Crippen MR) is 67.5 cm³/mol. The number of aliphatic hydroxyl groups excluding tert-OH is 1. The second-order valence-electron chi connectivity index (χ2n) is 5.11. The maximum absolute atomic E-state index is 12.1. The lowest BCUT2D eigenvalue weighted by atomic mass is 10.1. The molecule has 0 amide bonds. The summed E-state index contributed by atoms with van der Waals surface area (Å²) in [7, 11) is 0. The van der Waals surface area contributed by atoms with Crippen LogP contribution in [0.2, 0.25) is 0 Å². The number of carbonyl (C=O) groups excluding carboxylic acids is 1. The molecular weight excluding hydrogens is 264 g/mol. The van der Waals surface area contributed by atoms with Gasteiger partial charge in [-0.15, -0.1) is 0 Å². The molecule has 0 bridgehead atoms. The number of aromatic hydroxyl groups is 1. The van der Waals surface area contributed by atoms with Gasteiger partial charge in [0.05, 0.1) is 18.8 Å². The van der Waals surface area contributed by atoms with E-state index in [1.807, 2.05) is 0 Å². The quantitative estimate of drug-likeness (QED) is 0.762. The maximum atomic E-state index is 12.1. The first-order valence-electron chi connectivity index (χ1n) is 6.48. The molecule has 2 fully saturated rings. The highest BCUT2D eigenvalue weighted by atomic mass is 16.6. The molecule has 20 heavy (non-hydrogen) atoms. The molecule has 0 saturated carbocycles. The van der Waals surface area contributed by atoms with Gasteiger partial charge in [-0.25, -0.2) is 4.79 Å². The summed E-state index contributed by atoms with van der Waals surface area (Å²) in [5.41, 5.74) is 0.967. The Morgan fingerprint density at radius 1 is 1.30 bits per heavy atom. The van der Waals surface area contributed by atoms with Crippen molar-refractivity contribution < 1.29 is 29.2 Å². The van der Waals surface area contributed by atoms with Gasteiger partial charge in [-0.3, -0.25) is 0 Å². The van der Waals surface area contributed by atoms with E-state index in [2.05, 4.69) is 0 Å². The molecule has 6 heteroatoms. The van der Waals surface area contributed by atoms with E-state index in [1.165, 1.54) is 12.1 Å². The highest BCUT2D eigenvalue weighted by molar-refractivity contribution is 5.90. The first-order valence-corrected chi connectivity index (χ1v) is 6.48. The number of phenolic OH excluding ortho intramolecular Hbond substituents is 1. The van der Waals surface area contributed by atoms with Gasteiger partial charge < -0.3 is 24.4 Å². The number of aliphatic hydroxyl groups is 1. The molecule has 0 aromatic heterocycles. The number of hydrogen-bond donors (Lipinski definition) is 2. The summed E-state index contributed by atoms with van der Waals surface area (Å²) in [5, 5.41) is 19.1. The van der Waals surface area contributed by atoms with Crippen LogP contribution in [0.1, 0.15) is 15.9 Å². The smallest absolute Gasteiger partial charge is 0.338 e. The summed E-state index contributed by atoms with van der Waals surface area (Å²) in [6.45, 7) is 2.12. The first kappa shape index (κ1) is 13.4. The van der Waals surface area contributed by atoms with E-state index in [-0.39, 0.29) is 19.0 Å². The number of hydrogen-bond acceptors (Lipinski definition) is 6. The van der Waals surface area contributed by atoms with E-state index in [1.54, 1.807) is 13.0 Å². The average molecular weight is 280 g/mol. The van der Waals surface area contributed by atoms with Crippen LogP contribution in [0.3, 0.4) is 0 Å². The van der Waals surface area contributed by atoms with Crippen molar-refractivity contribution in [2.45, 2.75) is 31.3 Å². The second kappa shape index (κ2) is 5.05. The van der Waals surface area contributed by atoms with Gasteiger partial charge in [-0.05, 0) is 30.7 Å². The van der Waals surface area contributed by atoms with Crippen molar-refractivity contribution in [3.8, 4) is 5.75 Å². The molecule has 0 spiro atoms. The molecule has 108 valence electrons. The topological polar surface area (TPSA) is 85.2 Å². The lowest BCUT2D eigenvalue weighted by molar-refractivity contribution is -0.0209. The van der Waals surface area contributed by atoms with Crippen molar-refractivity contribution in [2.75, 3.05) is 13.2 Å². The number of esters is 1. The third kappa shape index (κ3) is 2.26. The molecular formula is C14H16O6. The Kier molecular flexibility index (Phi) is 3.37. The minimum atomic E-state index is -0.667. The molecule has 2 aliphatic heterocycles. The summed E-state index contributed by atoms with van der Waals surface area (Å²) in [6.07, 6.45) is -2.01. The van der Waals surface area contributed by atoms with Crippen molar-refractivity contribution in [2.24, 2.45) is 0 Å². The highest BCUT2D eigenvalue weighted by Gasteiger charge is 2.48. The van der Waals surface area contributed by atoms with Crippen LogP contribution in [0.25, 0.3) is 0 Å². The standard InChI is InChI=1S/C14H16O6/c1-7-4-8(2-3-9(7)15)14(17)20-11-6-19-12-10(16)5-18-13(11)12/h2-4,10-13,15-16H,5-6H2,1H3/t10-,11+,12-,13-/m1/s1. The van der Waals surface area contributed by atoms with Crippen LogP contribution in [-0.2, 0) is 14.2 Å². The lowest BCUT2D eigenvalue weighted by Crippen LogP contribution is -2.34. The molecule has 1 aromatic carbocycles. The van der Waals surface area contributed by atoms with Crippen LogP contribution in [0.15, 0.2) is 18.2 Å². The van der Waals surface area contributed by atoms with Gasteiger partial charge in [-0.1, -0.05) is 0 Å². The number of benzene rings is 1. The number of fused-ring (bicyclic) bond motifs is 1. The van der Waals surface area contributed by atoms with Crippen LogP contribution in [0, 0.1) is 6.92 Å². The number of carbonyl (C=O) groups is 1. The van der Waals surface area contributed by atoms with E-state index < -0.39 is 30.4 Å². The van der Waals surface area contributed by atoms with Gasteiger partial charge in [0, 0.05) is 0 Å². The SMILES string of the molecule is Cc1cc(C(=O)O[C@H]2CO[C@H]3[C@@H]2OC[C@H]3O)ccc1O. The van der Waals surface area contributed by atoms with E-state index in [9.17, 15) is 15.0 Å². The van der Waals surface area contributed by atoms with Crippen molar-refractivity contribution in [1.82, 2.24) is 0 Å². The van der Waals surface area contributed by atoms with Crippen LogP contribution in [0.4, 0.5) is 0 Å². The second-order valence-corrected chi connectivity index (χ2v) is 5.11. The third-order valence-corrected chi connectivity index (χ3v) is 3.67. The minimum absolute atomic E-state index is 0.132. The Hall–Kier alpha value is -1.63. The summed E-state index contributed by atoms with van der Waals surface area (Å²) < 4.78 is 16.2. The summed E-state index contributed by atoms with van der Waals surface area (Å²) in [4.78, 5) is 12.1. The Morgan fingerprint density at radius 2 is 2.05 bits per heavy atom. The fourth-order valence-electron chi connectivity index (χ4n) is 2.53. The van der Waals surface area contributed by atoms with Gasteiger partial charge in [0.15, 0.2) is 6.10 Å². The van der Waals surface area contributed by atoms with E-state index in [0.717, 1.165) is 0 Å². The zero-order valence-corrected chi connectivity index (χ0v) is 11.0. The Labute approximate surface area is 115 Å². The molecule has 2 heterocycles. The normalized spacial score (nSPS) is 32.1. The van der Waals surface area contributed by atoms with Crippen molar-refractivity contribution >= 4 is 5.97 Å². The molecule has 4 atom stereocenters. The van der Waals surface area contributed by atoms with Gasteiger partial charge >= 0.3 is 5.97 Å². The van der Waals surface area contributed by atoms with Crippen molar-refractivity contribution in [3.63, 3.8) is 0 Å². The van der Waals surface area contributed by atoms with Gasteiger partial charge in [0.1, 0.15) is 24.1 Å². The molecule has 3 rings (SSSR count). The molecule has 2 saturated heterocycles. The monoisotopic (exact) mass is 280 g/mol. The van der Waals surface area contributed by atoms with Gasteiger partial charge in [0.2, 0.25) is 0 Å². The first-order chi connectivity index (χ1) is 9.56. The summed E-state index contributed by atoms with van der Waals surface area (Å²) >= 11 is 0. The van der Waals surface area contributed by atoms with E-state index in [0.29, 0.717) is 11.1 Å². The molecule has 0 aliphatic carbocycles. The van der Waals surface area contributed by atoms with E-state index >= 15 is 0 Å². The number of phenols is 1. The molecule has 2 aliphatic rings. The minimum Gasteiger partial charge on any atom is -0.508 e. The van der Waals surface area contributed by atoms with Gasteiger partial charge in [0.25, 0.3) is 0 Å². The molecule has 0 radical (unpaired) electrons. The number of ether oxygens (including phenoxy) is 3. The van der Waals surface area contributed by atoms with Crippen LogP contribution in [0.5, 0.6) is 5.75 Å². The van der Waals surface area contributed by atoms with Crippen LogP contribution < -0.4 is 0 Å². The fraction of sp³-hybridized carbons (Fsp3) is 0.500. The van der Waals surface area contributed by atoms with Crippen molar-refractivity contribution in [3.05, 3.63) is 29.3 Å². The molecule has 0 unspecified atom stereocenters. The zero-order valence-electron chi connectivity index (χ0n) is 11.0. The summed E-state index contributed by atoms with van der Waals surface area (Å²) in [5.74, 6) is -0.361. The highest BCUT2D eigenvalue weighted by Crippen LogP contribution is 2.29. The average Bonchev–Trinajstić information content (AvgIpc) is 2.97. The maximum Gasteiger partial charge on any atom is 0.338 e. The Morgan fingerprint density at radius 3 is 2.80 bits per heavy atom. The van der Waals surface area contributed by atoms with Crippen LogP contribution in [-0.4, -0.2) is 53.8 Å². The van der Waals surface area contributed by atoms with Crippen molar-refractivity contribution in [1.29, 1.82) is 0 Å². The molecule has 6 nitrogen and oxygen atoms in total. The largest absolute Gasteiger partial charge is 0.508 e. The third-order valence-electron chi connectivity index (χ3n) is 3.67. The Bertz CT molecular complexity index is 528. The molecule has 1 aromatic rings. The predicted octanol–water partition coefficient (Wildman–Crippen LogP) is 0.385. The zero-order chi connectivity index (χ0) is 14.3. The van der Waals surface area contributed by atoms with Crippen LogP contribution >= 0.6 is 0 Å². The fourth-order valence-corrected chi connectivity index (χ4v) is 2.53. The number of aryl methyl sites for hydroxylation is 1. The Balaban J connectivity index is 1.69.